The van der Waals surface area contributed by atoms with Crippen molar-refractivity contribution in [1.29, 1.82) is 0 Å². The Hall–Kier alpha value is -2.29. The number of anilines is 1. The van der Waals surface area contributed by atoms with Crippen LogP contribution >= 0.6 is 0 Å². The molecule has 21 heavy (non-hydrogen) atoms. The fraction of sp³-hybridized carbons (Fsp3) is 0.417. The van der Waals surface area contributed by atoms with E-state index in [9.17, 15) is 13.6 Å². The molecule has 0 radical (unpaired) electrons. The molecule has 1 fully saturated rings. The molecule has 112 valence electrons. The second kappa shape index (κ2) is 5.24. The number of carbonyl (C=O) groups is 1. The van der Waals surface area contributed by atoms with Crippen molar-refractivity contribution in [3.8, 4) is 0 Å². The van der Waals surface area contributed by atoms with Crippen LogP contribution in [0.4, 0.5) is 14.7 Å². The van der Waals surface area contributed by atoms with Crippen LogP contribution in [0.15, 0.2) is 18.5 Å². The Bertz CT molecular complexity index is 676. The van der Waals surface area contributed by atoms with E-state index < -0.39 is 18.7 Å². The molecule has 1 aliphatic heterocycles. The minimum absolute atomic E-state index is 0.137. The minimum atomic E-state index is -2.82. The van der Waals surface area contributed by atoms with E-state index in [-0.39, 0.29) is 12.2 Å². The fourth-order valence-corrected chi connectivity index (χ4v) is 2.41. The van der Waals surface area contributed by atoms with Crippen molar-refractivity contribution in [2.24, 2.45) is 0 Å². The highest BCUT2D eigenvalue weighted by atomic mass is 19.3. The van der Waals surface area contributed by atoms with Crippen LogP contribution < -0.4 is 4.90 Å². The van der Waals surface area contributed by atoms with Crippen LogP contribution in [-0.4, -0.2) is 51.2 Å². The normalized spacial score (nSPS) is 18.8. The van der Waals surface area contributed by atoms with Crippen molar-refractivity contribution < 1.29 is 23.4 Å². The van der Waals surface area contributed by atoms with Gasteiger partial charge in [-0.3, -0.25) is 4.40 Å². The Labute approximate surface area is 117 Å². The molecule has 3 heterocycles. The molecular weight excluding hydrogens is 286 g/mol. The Balaban J connectivity index is 1.93. The largest absolute Gasteiger partial charge is 0.477 e. The molecule has 1 saturated heterocycles. The highest BCUT2D eigenvalue weighted by Crippen LogP contribution is 2.23. The first-order valence-corrected chi connectivity index (χ1v) is 6.30. The standard InChI is InChI=1S/C12H12F2N4O3/c13-11(14)21-7-1-3-17(6-7)12-16-8(10(19)20)5-9-15-2-4-18(9)12/h2,4-5,7,11H,1,3,6H2,(H,19,20)/t7-/m0/s1. The molecular formula is C12H12F2N4O3. The molecule has 1 N–H and O–H groups in total. The first-order valence-electron chi connectivity index (χ1n) is 6.30. The van der Waals surface area contributed by atoms with Gasteiger partial charge in [-0.25, -0.2) is 14.8 Å². The summed E-state index contributed by atoms with van der Waals surface area (Å²) in [6.45, 7) is -2.13. The van der Waals surface area contributed by atoms with Gasteiger partial charge < -0.3 is 14.7 Å². The van der Waals surface area contributed by atoms with Crippen molar-refractivity contribution in [2.75, 3.05) is 18.0 Å². The third kappa shape index (κ3) is 2.64. The highest BCUT2D eigenvalue weighted by molar-refractivity contribution is 5.87. The molecule has 2 aromatic heterocycles. The van der Waals surface area contributed by atoms with Crippen LogP contribution in [0, 0.1) is 0 Å². The number of halogens is 2. The van der Waals surface area contributed by atoms with Crippen LogP contribution in [0.5, 0.6) is 0 Å². The van der Waals surface area contributed by atoms with E-state index in [2.05, 4.69) is 14.7 Å². The van der Waals surface area contributed by atoms with Crippen LogP contribution in [0.25, 0.3) is 5.65 Å². The Morgan fingerprint density at radius 1 is 1.52 bits per heavy atom. The van der Waals surface area contributed by atoms with Gasteiger partial charge in [0.2, 0.25) is 5.95 Å². The molecule has 2 aromatic rings. The number of hydrogen-bond donors (Lipinski definition) is 1. The lowest BCUT2D eigenvalue weighted by Crippen LogP contribution is -2.27. The maximum atomic E-state index is 12.2. The van der Waals surface area contributed by atoms with Gasteiger partial charge in [-0.1, -0.05) is 0 Å². The summed E-state index contributed by atoms with van der Waals surface area (Å²) in [7, 11) is 0. The summed E-state index contributed by atoms with van der Waals surface area (Å²) < 4.78 is 30.6. The molecule has 0 amide bonds. The lowest BCUT2D eigenvalue weighted by atomic mass is 10.3. The molecule has 0 saturated carbocycles. The van der Waals surface area contributed by atoms with Crippen LogP contribution in [0.3, 0.4) is 0 Å². The molecule has 0 bridgehead atoms. The Morgan fingerprint density at radius 3 is 3.05 bits per heavy atom. The van der Waals surface area contributed by atoms with E-state index in [0.717, 1.165) is 0 Å². The van der Waals surface area contributed by atoms with Crippen LogP contribution in [-0.2, 0) is 4.74 Å². The van der Waals surface area contributed by atoms with Crippen LogP contribution in [0.2, 0.25) is 0 Å². The Morgan fingerprint density at radius 2 is 2.33 bits per heavy atom. The lowest BCUT2D eigenvalue weighted by molar-refractivity contribution is -0.156. The van der Waals surface area contributed by atoms with Crippen molar-refractivity contribution >= 4 is 17.6 Å². The molecule has 0 aliphatic carbocycles. The molecule has 1 aliphatic rings. The summed E-state index contributed by atoms with van der Waals surface area (Å²) in [6.07, 6.45) is 3.00. The fourth-order valence-electron chi connectivity index (χ4n) is 2.41. The van der Waals surface area contributed by atoms with E-state index >= 15 is 0 Å². The summed E-state index contributed by atoms with van der Waals surface area (Å²) in [6, 6.07) is 1.36. The van der Waals surface area contributed by atoms with Gasteiger partial charge in [-0.15, -0.1) is 0 Å². The topological polar surface area (TPSA) is 80.0 Å². The number of alkyl halides is 2. The van der Waals surface area contributed by atoms with Gasteiger partial charge in [-0.2, -0.15) is 8.78 Å². The van der Waals surface area contributed by atoms with Crippen molar-refractivity contribution in [1.82, 2.24) is 14.4 Å². The summed E-state index contributed by atoms with van der Waals surface area (Å²) in [4.78, 5) is 20.9. The zero-order valence-corrected chi connectivity index (χ0v) is 10.8. The SMILES string of the molecule is O=C(O)c1cc2nccn2c(N2CC[C@H](OC(F)F)C2)n1. The first kappa shape index (κ1) is 13.7. The summed E-state index contributed by atoms with van der Waals surface area (Å²) in [5, 5.41) is 9.08. The number of hydrogen-bond acceptors (Lipinski definition) is 5. The predicted octanol–water partition coefficient (Wildman–Crippen LogP) is 1.25. The Kier molecular flexibility index (Phi) is 3.42. The van der Waals surface area contributed by atoms with Gasteiger partial charge in [0.1, 0.15) is 5.65 Å². The molecule has 9 heteroatoms. The van der Waals surface area contributed by atoms with E-state index in [1.54, 1.807) is 15.5 Å². The summed E-state index contributed by atoms with van der Waals surface area (Å²) in [5.41, 5.74) is 0.303. The molecule has 0 aromatic carbocycles. The van der Waals surface area contributed by atoms with E-state index in [0.29, 0.717) is 24.6 Å². The maximum absolute atomic E-state index is 12.2. The predicted molar refractivity (Wildman–Crippen MR) is 67.7 cm³/mol. The number of rotatable bonds is 4. The maximum Gasteiger partial charge on any atom is 0.354 e. The summed E-state index contributed by atoms with van der Waals surface area (Å²) >= 11 is 0. The smallest absolute Gasteiger partial charge is 0.354 e. The summed E-state index contributed by atoms with van der Waals surface area (Å²) in [5.74, 6) is -0.802. The number of carboxylic acids is 1. The molecule has 7 nitrogen and oxygen atoms in total. The number of carboxylic acid groups (broad SMARTS) is 1. The van der Waals surface area contributed by atoms with Gasteiger partial charge in [0.15, 0.2) is 5.69 Å². The van der Waals surface area contributed by atoms with Crippen LogP contribution in [0.1, 0.15) is 16.9 Å². The monoisotopic (exact) mass is 298 g/mol. The van der Waals surface area contributed by atoms with Crippen molar-refractivity contribution in [2.45, 2.75) is 19.1 Å². The third-order valence-electron chi connectivity index (χ3n) is 3.31. The van der Waals surface area contributed by atoms with Gasteiger partial charge in [0.05, 0.1) is 6.10 Å². The average molecular weight is 298 g/mol. The number of ether oxygens (including phenoxy) is 1. The van der Waals surface area contributed by atoms with Crippen molar-refractivity contribution in [3.63, 3.8) is 0 Å². The first-order chi connectivity index (χ1) is 10.0. The number of aromatic nitrogens is 3. The lowest BCUT2D eigenvalue weighted by Gasteiger charge is -2.19. The molecule has 0 unspecified atom stereocenters. The molecule has 1 atom stereocenters. The quantitative estimate of drug-likeness (QED) is 0.915. The second-order valence-electron chi connectivity index (χ2n) is 4.66. The van der Waals surface area contributed by atoms with Gasteiger partial charge in [0.25, 0.3) is 0 Å². The zero-order valence-electron chi connectivity index (χ0n) is 10.8. The zero-order chi connectivity index (χ0) is 15.0. The van der Waals surface area contributed by atoms with Crippen molar-refractivity contribution in [3.05, 3.63) is 24.2 Å². The number of imidazole rings is 1. The van der Waals surface area contributed by atoms with E-state index in [1.165, 1.54) is 12.3 Å². The average Bonchev–Trinajstić information content (AvgIpc) is 3.04. The van der Waals surface area contributed by atoms with Gasteiger partial charge >= 0.3 is 12.6 Å². The van der Waals surface area contributed by atoms with E-state index in [1.807, 2.05) is 0 Å². The van der Waals surface area contributed by atoms with Gasteiger partial charge in [-0.05, 0) is 6.42 Å². The number of fused-ring (bicyclic) bond motifs is 1. The number of nitrogens with zero attached hydrogens (tertiary/aromatic N) is 4. The third-order valence-corrected chi connectivity index (χ3v) is 3.31. The molecule has 0 spiro atoms. The molecule has 3 rings (SSSR count). The second-order valence-corrected chi connectivity index (χ2v) is 4.66. The minimum Gasteiger partial charge on any atom is -0.477 e. The number of aromatic carboxylic acids is 1. The van der Waals surface area contributed by atoms with Gasteiger partial charge in [0, 0.05) is 31.5 Å². The van der Waals surface area contributed by atoms with E-state index in [4.69, 9.17) is 5.11 Å². The highest BCUT2D eigenvalue weighted by Gasteiger charge is 2.28.